The monoisotopic (exact) mass is 442 g/mol. The number of aromatic nitrogens is 1. The molecule has 4 rings (SSSR count). The molecule has 33 heavy (non-hydrogen) atoms. The Kier molecular flexibility index (Phi) is 6.54. The highest BCUT2D eigenvalue weighted by atomic mass is 16.5. The molecule has 0 unspecified atom stereocenters. The average molecular weight is 443 g/mol. The van der Waals surface area contributed by atoms with E-state index in [9.17, 15) is 4.79 Å². The van der Waals surface area contributed by atoms with Gasteiger partial charge in [0.25, 0.3) is 0 Å². The van der Waals surface area contributed by atoms with Crippen molar-refractivity contribution in [3.05, 3.63) is 78.1 Å². The van der Waals surface area contributed by atoms with Crippen molar-refractivity contribution < 1.29 is 9.53 Å². The SMILES string of the molecule is CN=C/C(=C\N)c1cnc(Nc2ccccc2C)c(NC(=O)N2CCOc3ccccc32)c1. The van der Waals surface area contributed by atoms with E-state index in [1.165, 1.54) is 6.20 Å². The lowest BCUT2D eigenvalue weighted by Crippen LogP contribution is -2.40. The lowest BCUT2D eigenvalue weighted by atomic mass is 10.1. The van der Waals surface area contributed by atoms with Gasteiger partial charge in [-0.2, -0.15) is 0 Å². The molecular formula is C25H26N6O2. The van der Waals surface area contributed by atoms with Crippen molar-refractivity contribution in [1.82, 2.24) is 4.98 Å². The number of hydrogen-bond acceptors (Lipinski definition) is 6. The van der Waals surface area contributed by atoms with Gasteiger partial charge in [0.15, 0.2) is 5.82 Å². The number of aliphatic imine (C=N–C) groups is 1. The summed E-state index contributed by atoms with van der Waals surface area (Å²) in [6.45, 7) is 2.86. The Labute approximate surface area is 192 Å². The van der Waals surface area contributed by atoms with Crippen molar-refractivity contribution in [1.29, 1.82) is 0 Å². The molecule has 0 bridgehead atoms. The van der Waals surface area contributed by atoms with E-state index in [4.69, 9.17) is 10.5 Å². The molecule has 2 aromatic carbocycles. The summed E-state index contributed by atoms with van der Waals surface area (Å²) >= 11 is 0. The number of nitrogens with two attached hydrogens (primary N) is 1. The summed E-state index contributed by atoms with van der Waals surface area (Å²) in [5, 5.41) is 6.35. The zero-order chi connectivity index (χ0) is 23.2. The molecule has 2 heterocycles. The molecule has 0 atom stereocenters. The number of carbonyl (C=O) groups is 1. The van der Waals surface area contributed by atoms with Crippen LogP contribution in [0.3, 0.4) is 0 Å². The summed E-state index contributed by atoms with van der Waals surface area (Å²) in [5.41, 5.74) is 10.4. The fraction of sp³-hybridized carbons (Fsp3) is 0.160. The lowest BCUT2D eigenvalue weighted by molar-refractivity contribution is 0.250. The highest BCUT2D eigenvalue weighted by molar-refractivity contribution is 6.10. The molecule has 0 saturated heterocycles. The molecule has 8 nitrogen and oxygen atoms in total. The van der Waals surface area contributed by atoms with E-state index >= 15 is 0 Å². The second-order valence-electron chi connectivity index (χ2n) is 7.47. The Hall–Kier alpha value is -4.33. The first-order chi connectivity index (χ1) is 16.1. The number of benzene rings is 2. The number of nitrogens with one attached hydrogen (secondary N) is 2. The van der Waals surface area contributed by atoms with E-state index in [1.807, 2.05) is 61.5 Å². The number of anilines is 4. The van der Waals surface area contributed by atoms with Crippen molar-refractivity contribution in [2.75, 3.05) is 35.7 Å². The molecule has 4 N–H and O–H groups in total. The summed E-state index contributed by atoms with van der Waals surface area (Å²) in [7, 11) is 1.67. The van der Waals surface area contributed by atoms with Gasteiger partial charge in [0, 0.05) is 42.5 Å². The quantitative estimate of drug-likeness (QED) is 0.502. The molecule has 1 aliphatic rings. The maximum Gasteiger partial charge on any atom is 0.326 e. The van der Waals surface area contributed by atoms with Crippen LogP contribution in [-0.4, -0.2) is 37.4 Å². The van der Waals surface area contributed by atoms with Crippen LogP contribution in [0, 0.1) is 6.92 Å². The van der Waals surface area contributed by atoms with Gasteiger partial charge < -0.3 is 21.1 Å². The third kappa shape index (κ3) is 4.79. The second kappa shape index (κ2) is 9.86. The number of allylic oxidation sites excluding steroid dienone is 1. The number of urea groups is 1. The minimum Gasteiger partial charge on any atom is -0.490 e. The van der Waals surface area contributed by atoms with Crippen molar-refractivity contribution >= 4 is 40.7 Å². The molecule has 168 valence electrons. The predicted molar refractivity (Wildman–Crippen MR) is 134 cm³/mol. The van der Waals surface area contributed by atoms with Crippen molar-refractivity contribution in [2.45, 2.75) is 6.92 Å². The summed E-state index contributed by atoms with van der Waals surface area (Å²) in [6, 6.07) is 16.9. The molecule has 1 aliphatic heterocycles. The smallest absolute Gasteiger partial charge is 0.326 e. The number of carbonyl (C=O) groups excluding carboxylic acids is 1. The van der Waals surface area contributed by atoms with Gasteiger partial charge in [-0.25, -0.2) is 9.78 Å². The number of aryl methyl sites for hydroxylation is 1. The molecule has 0 radical (unpaired) electrons. The Morgan fingerprint density at radius 2 is 1.97 bits per heavy atom. The van der Waals surface area contributed by atoms with Crippen molar-refractivity contribution in [3.8, 4) is 5.75 Å². The third-order valence-electron chi connectivity index (χ3n) is 5.28. The fourth-order valence-corrected chi connectivity index (χ4v) is 3.57. The van der Waals surface area contributed by atoms with Crippen LogP contribution in [0.1, 0.15) is 11.1 Å². The van der Waals surface area contributed by atoms with Crippen molar-refractivity contribution in [2.24, 2.45) is 10.7 Å². The fourth-order valence-electron chi connectivity index (χ4n) is 3.57. The van der Waals surface area contributed by atoms with Gasteiger partial charge in [-0.15, -0.1) is 0 Å². The summed E-state index contributed by atoms with van der Waals surface area (Å²) < 4.78 is 5.68. The largest absolute Gasteiger partial charge is 0.490 e. The molecule has 1 aromatic heterocycles. The average Bonchev–Trinajstić information content (AvgIpc) is 2.84. The molecule has 0 aliphatic carbocycles. The van der Waals surface area contributed by atoms with Crippen LogP contribution in [0.15, 0.2) is 72.0 Å². The van der Waals surface area contributed by atoms with Gasteiger partial charge in [0.2, 0.25) is 0 Å². The normalized spacial score (nSPS) is 13.4. The minimum absolute atomic E-state index is 0.278. The highest BCUT2D eigenvalue weighted by Gasteiger charge is 2.24. The van der Waals surface area contributed by atoms with E-state index in [1.54, 1.807) is 24.4 Å². The molecular weight excluding hydrogens is 416 g/mol. The zero-order valence-corrected chi connectivity index (χ0v) is 18.6. The number of amides is 2. The van der Waals surface area contributed by atoms with Gasteiger partial charge in [-0.1, -0.05) is 30.3 Å². The van der Waals surface area contributed by atoms with E-state index in [0.717, 1.165) is 22.5 Å². The standard InChI is InChI=1S/C25H26N6O2/c1-17-7-3-4-8-20(17)29-24-21(13-18(16-28-24)19(14-26)15-27-2)30-25(32)31-11-12-33-23-10-6-5-9-22(23)31/h3-10,13-16H,11-12,26H2,1-2H3,(H,28,29)(H,30,32)/b19-14+,27-15?. The maximum absolute atomic E-state index is 13.3. The Bertz CT molecular complexity index is 1220. The van der Waals surface area contributed by atoms with Gasteiger partial charge in [0.1, 0.15) is 12.4 Å². The van der Waals surface area contributed by atoms with Crippen LogP contribution in [-0.2, 0) is 0 Å². The van der Waals surface area contributed by atoms with Gasteiger partial charge >= 0.3 is 6.03 Å². The van der Waals surface area contributed by atoms with Crippen LogP contribution < -0.4 is 26.0 Å². The molecule has 0 fully saturated rings. The van der Waals surface area contributed by atoms with E-state index in [2.05, 4.69) is 20.6 Å². The number of fused-ring (bicyclic) bond motifs is 1. The summed E-state index contributed by atoms with van der Waals surface area (Å²) in [4.78, 5) is 23.6. The topological polar surface area (TPSA) is 105 Å². The first-order valence-electron chi connectivity index (χ1n) is 10.6. The lowest BCUT2D eigenvalue weighted by Gasteiger charge is -2.29. The van der Waals surface area contributed by atoms with E-state index in [0.29, 0.717) is 36.0 Å². The Morgan fingerprint density at radius 1 is 1.18 bits per heavy atom. The van der Waals surface area contributed by atoms with Crippen LogP contribution in [0.5, 0.6) is 5.75 Å². The molecule has 8 heteroatoms. The van der Waals surface area contributed by atoms with Crippen molar-refractivity contribution in [3.63, 3.8) is 0 Å². The first kappa shape index (κ1) is 21.9. The molecule has 0 saturated carbocycles. The van der Waals surface area contributed by atoms with Gasteiger partial charge in [0.05, 0.1) is 17.9 Å². The highest BCUT2D eigenvalue weighted by Crippen LogP contribution is 2.33. The first-order valence-corrected chi connectivity index (χ1v) is 10.6. The number of rotatable bonds is 5. The predicted octanol–water partition coefficient (Wildman–Crippen LogP) is 4.56. The number of nitrogens with zero attached hydrogens (tertiary/aromatic N) is 3. The van der Waals surface area contributed by atoms with Crippen LogP contribution in [0.25, 0.3) is 5.57 Å². The van der Waals surface area contributed by atoms with Crippen LogP contribution in [0.4, 0.5) is 27.7 Å². The summed E-state index contributed by atoms with van der Waals surface area (Å²) in [6.07, 6.45) is 4.80. The van der Waals surface area contributed by atoms with Crippen LogP contribution >= 0.6 is 0 Å². The van der Waals surface area contributed by atoms with Crippen LogP contribution in [0.2, 0.25) is 0 Å². The van der Waals surface area contributed by atoms with E-state index < -0.39 is 0 Å². The number of pyridine rings is 1. The Morgan fingerprint density at radius 3 is 2.76 bits per heavy atom. The number of ether oxygens (including phenoxy) is 1. The third-order valence-corrected chi connectivity index (χ3v) is 5.28. The summed E-state index contributed by atoms with van der Waals surface area (Å²) in [5.74, 6) is 1.20. The molecule has 0 spiro atoms. The number of hydrogen-bond donors (Lipinski definition) is 3. The Balaban J connectivity index is 1.70. The molecule has 2 amide bonds. The van der Waals surface area contributed by atoms with Gasteiger partial charge in [-0.3, -0.25) is 9.89 Å². The maximum atomic E-state index is 13.3. The minimum atomic E-state index is -0.278. The number of para-hydroxylation sites is 3. The second-order valence-corrected chi connectivity index (χ2v) is 7.47. The zero-order valence-electron chi connectivity index (χ0n) is 18.6. The van der Waals surface area contributed by atoms with Gasteiger partial charge in [-0.05, 0) is 36.8 Å². The molecule has 3 aromatic rings. The van der Waals surface area contributed by atoms with E-state index in [-0.39, 0.29) is 6.03 Å².